The van der Waals surface area contributed by atoms with Gasteiger partial charge in [-0.15, -0.1) is 0 Å². The van der Waals surface area contributed by atoms with Crippen molar-refractivity contribution in [3.05, 3.63) is 34.9 Å². The van der Waals surface area contributed by atoms with Crippen molar-refractivity contribution in [3.63, 3.8) is 0 Å². The van der Waals surface area contributed by atoms with Gasteiger partial charge in [0.15, 0.2) is 0 Å². The molecule has 1 aliphatic heterocycles. The maximum atomic E-state index is 11.0. The standard InChI is InChI=1S/C12H15ClN2O.C2H6/c13-11-4-2-1-3-9(11)7-14-8-10-5-6-12(16)15-10;1-2/h1-4,10,14H,5-8H2,(H,15,16);1-2H3. The predicted molar refractivity (Wildman–Crippen MR) is 75.7 cm³/mol. The van der Waals surface area contributed by atoms with E-state index in [1.54, 1.807) is 0 Å². The van der Waals surface area contributed by atoms with E-state index in [0.29, 0.717) is 6.42 Å². The zero-order valence-electron chi connectivity index (χ0n) is 11.0. The van der Waals surface area contributed by atoms with E-state index >= 15 is 0 Å². The van der Waals surface area contributed by atoms with Gasteiger partial charge in [-0.05, 0) is 18.1 Å². The fraction of sp³-hybridized carbons (Fsp3) is 0.500. The molecular formula is C14H21ClN2O. The topological polar surface area (TPSA) is 41.1 Å². The Labute approximate surface area is 114 Å². The molecule has 4 heteroatoms. The minimum atomic E-state index is 0.157. The molecule has 0 spiro atoms. The summed E-state index contributed by atoms with van der Waals surface area (Å²) in [6.45, 7) is 5.54. The molecule has 0 aromatic heterocycles. The van der Waals surface area contributed by atoms with Crippen molar-refractivity contribution in [2.24, 2.45) is 0 Å². The molecule has 1 fully saturated rings. The van der Waals surface area contributed by atoms with E-state index in [-0.39, 0.29) is 11.9 Å². The third-order valence-corrected chi connectivity index (χ3v) is 3.12. The van der Waals surface area contributed by atoms with Crippen LogP contribution in [-0.2, 0) is 11.3 Å². The third kappa shape index (κ3) is 4.67. The predicted octanol–water partition coefficient (Wildman–Crippen LogP) is 2.73. The van der Waals surface area contributed by atoms with Crippen LogP contribution in [0.1, 0.15) is 32.3 Å². The molecule has 1 heterocycles. The van der Waals surface area contributed by atoms with Gasteiger partial charge in [-0.25, -0.2) is 0 Å². The summed E-state index contributed by atoms with van der Waals surface area (Å²) in [5.41, 5.74) is 1.09. The number of carbonyl (C=O) groups excluding carboxylic acids is 1. The third-order valence-electron chi connectivity index (χ3n) is 2.75. The molecule has 1 saturated heterocycles. The van der Waals surface area contributed by atoms with Crippen molar-refractivity contribution in [2.75, 3.05) is 6.54 Å². The lowest BCUT2D eigenvalue weighted by molar-refractivity contribution is -0.119. The summed E-state index contributed by atoms with van der Waals surface area (Å²) < 4.78 is 0. The number of benzene rings is 1. The molecule has 1 unspecified atom stereocenters. The quantitative estimate of drug-likeness (QED) is 0.882. The van der Waals surface area contributed by atoms with Crippen molar-refractivity contribution >= 4 is 17.5 Å². The van der Waals surface area contributed by atoms with Crippen LogP contribution in [0.5, 0.6) is 0 Å². The first kappa shape index (κ1) is 15.0. The second kappa shape index (κ2) is 8.11. The Hall–Kier alpha value is -1.06. The van der Waals surface area contributed by atoms with Crippen LogP contribution < -0.4 is 10.6 Å². The smallest absolute Gasteiger partial charge is 0.220 e. The molecule has 1 aliphatic rings. The van der Waals surface area contributed by atoms with E-state index in [0.717, 1.165) is 30.1 Å². The summed E-state index contributed by atoms with van der Waals surface area (Å²) in [4.78, 5) is 11.0. The van der Waals surface area contributed by atoms with Gasteiger partial charge in [0.2, 0.25) is 5.91 Å². The molecule has 18 heavy (non-hydrogen) atoms. The molecule has 0 aliphatic carbocycles. The Kier molecular flexibility index (Phi) is 6.76. The van der Waals surface area contributed by atoms with Gasteiger partial charge in [-0.2, -0.15) is 0 Å². The van der Waals surface area contributed by atoms with Gasteiger partial charge in [0.25, 0.3) is 0 Å². The van der Waals surface area contributed by atoms with E-state index in [1.807, 2.05) is 38.1 Å². The monoisotopic (exact) mass is 268 g/mol. The SMILES string of the molecule is CC.O=C1CCC(CNCc2ccccc2Cl)N1. The van der Waals surface area contributed by atoms with Crippen molar-refractivity contribution in [1.82, 2.24) is 10.6 Å². The van der Waals surface area contributed by atoms with E-state index in [9.17, 15) is 4.79 Å². The average molecular weight is 269 g/mol. The number of halogens is 1. The molecule has 1 aromatic rings. The minimum Gasteiger partial charge on any atom is -0.352 e. The number of carbonyl (C=O) groups is 1. The van der Waals surface area contributed by atoms with Crippen molar-refractivity contribution in [1.29, 1.82) is 0 Å². The molecule has 1 atom stereocenters. The summed E-state index contributed by atoms with van der Waals surface area (Å²) in [6, 6.07) is 8.05. The number of amides is 1. The zero-order valence-corrected chi connectivity index (χ0v) is 11.8. The molecule has 1 aromatic carbocycles. The van der Waals surface area contributed by atoms with Crippen LogP contribution in [0.3, 0.4) is 0 Å². The van der Waals surface area contributed by atoms with E-state index in [1.165, 1.54) is 0 Å². The fourth-order valence-electron chi connectivity index (χ4n) is 1.85. The highest BCUT2D eigenvalue weighted by molar-refractivity contribution is 6.31. The fourth-order valence-corrected chi connectivity index (χ4v) is 2.06. The molecule has 2 N–H and O–H groups in total. The van der Waals surface area contributed by atoms with Crippen LogP contribution in [0.15, 0.2) is 24.3 Å². The van der Waals surface area contributed by atoms with Crippen molar-refractivity contribution in [3.8, 4) is 0 Å². The van der Waals surface area contributed by atoms with Gasteiger partial charge in [-0.1, -0.05) is 43.6 Å². The molecule has 0 radical (unpaired) electrons. The normalized spacial score (nSPS) is 17.9. The average Bonchev–Trinajstić information content (AvgIpc) is 2.80. The van der Waals surface area contributed by atoms with Crippen LogP contribution in [0, 0.1) is 0 Å². The summed E-state index contributed by atoms with van der Waals surface area (Å²) in [5, 5.41) is 7.01. The Balaban J connectivity index is 0.000000771. The van der Waals surface area contributed by atoms with Crippen molar-refractivity contribution < 1.29 is 4.79 Å². The summed E-state index contributed by atoms with van der Waals surface area (Å²) >= 11 is 6.03. The Bertz CT molecular complexity index is 382. The van der Waals surface area contributed by atoms with Crippen LogP contribution in [0.2, 0.25) is 5.02 Å². The molecule has 0 bridgehead atoms. The van der Waals surface area contributed by atoms with E-state index < -0.39 is 0 Å². The first-order chi connectivity index (χ1) is 8.75. The first-order valence-corrected chi connectivity index (χ1v) is 6.87. The molecule has 0 saturated carbocycles. The van der Waals surface area contributed by atoms with Gasteiger partial charge in [-0.3, -0.25) is 4.79 Å². The van der Waals surface area contributed by atoms with Crippen molar-refractivity contribution in [2.45, 2.75) is 39.3 Å². The summed E-state index contributed by atoms with van der Waals surface area (Å²) in [6.07, 6.45) is 1.58. The maximum Gasteiger partial charge on any atom is 0.220 e. The first-order valence-electron chi connectivity index (χ1n) is 6.49. The second-order valence-corrected chi connectivity index (χ2v) is 4.43. The highest BCUT2D eigenvalue weighted by Crippen LogP contribution is 2.14. The van der Waals surface area contributed by atoms with E-state index in [4.69, 9.17) is 11.6 Å². The van der Waals surface area contributed by atoms with Gasteiger partial charge in [0.05, 0.1) is 0 Å². The van der Waals surface area contributed by atoms with Crippen LogP contribution in [0.25, 0.3) is 0 Å². The Morgan fingerprint density at radius 3 is 2.72 bits per heavy atom. The van der Waals surface area contributed by atoms with Crippen LogP contribution in [0.4, 0.5) is 0 Å². The molecule has 1 amide bonds. The molecular weight excluding hydrogens is 248 g/mol. The molecule has 2 rings (SSSR count). The second-order valence-electron chi connectivity index (χ2n) is 4.03. The lowest BCUT2D eigenvalue weighted by Crippen LogP contribution is -2.35. The number of nitrogens with one attached hydrogen (secondary N) is 2. The Morgan fingerprint density at radius 2 is 2.11 bits per heavy atom. The Morgan fingerprint density at radius 1 is 1.39 bits per heavy atom. The number of hydrogen-bond donors (Lipinski definition) is 2. The van der Waals surface area contributed by atoms with Gasteiger partial charge in [0.1, 0.15) is 0 Å². The van der Waals surface area contributed by atoms with Crippen LogP contribution >= 0.6 is 11.6 Å². The minimum absolute atomic E-state index is 0.157. The highest BCUT2D eigenvalue weighted by Gasteiger charge is 2.19. The number of hydrogen-bond acceptors (Lipinski definition) is 2. The number of rotatable bonds is 4. The summed E-state index contributed by atoms with van der Waals surface area (Å²) in [5.74, 6) is 0.157. The lowest BCUT2D eigenvalue weighted by Gasteiger charge is -2.11. The lowest BCUT2D eigenvalue weighted by atomic mass is 10.2. The van der Waals surface area contributed by atoms with Crippen LogP contribution in [-0.4, -0.2) is 18.5 Å². The van der Waals surface area contributed by atoms with E-state index in [2.05, 4.69) is 10.6 Å². The largest absolute Gasteiger partial charge is 0.352 e. The molecule has 100 valence electrons. The maximum absolute atomic E-state index is 11.0. The summed E-state index contributed by atoms with van der Waals surface area (Å²) in [7, 11) is 0. The highest BCUT2D eigenvalue weighted by atomic mass is 35.5. The molecule has 3 nitrogen and oxygen atoms in total. The zero-order chi connectivity index (χ0) is 13.4. The van der Waals surface area contributed by atoms with Gasteiger partial charge >= 0.3 is 0 Å². The van der Waals surface area contributed by atoms with Gasteiger partial charge < -0.3 is 10.6 Å². The van der Waals surface area contributed by atoms with Gasteiger partial charge in [0, 0.05) is 30.6 Å².